The summed E-state index contributed by atoms with van der Waals surface area (Å²) in [6, 6.07) is 0. The number of aliphatic hydroxyl groups excluding tert-OH is 2. The van der Waals surface area contributed by atoms with Crippen LogP contribution in [0.15, 0.2) is 23.8 Å². The Hall–Kier alpha value is -1.79. The molecule has 0 unspecified atom stereocenters. The first kappa shape index (κ1) is 24.2. The molecule has 0 saturated heterocycles. The number of ketones is 2. The lowest BCUT2D eigenvalue weighted by atomic mass is 9.73. The highest BCUT2D eigenvalue weighted by Crippen LogP contribution is 2.31. The molecule has 0 radical (unpaired) electrons. The van der Waals surface area contributed by atoms with Crippen LogP contribution in [-0.2, 0) is 19.1 Å². The fraction of sp³-hybridized carbons (Fsp3) is 0.682. The van der Waals surface area contributed by atoms with Crippen molar-refractivity contribution in [1.82, 2.24) is 0 Å². The molecule has 158 valence electrons. The highest BCUT2D eigenvalue weighted by Gasteiger charge is 2.42. The largest absolute Gasteiger partial charge is 0.454 e. The van der Waals surface area contributed by atoms with Gasteiger partial charge in [0.05, 0.1) is 24.0 Å². The summed E-state index contributed by atoms with van der Waals surface area (Å²) in [7, 11) is 0. The molecular weight excluding hydrogens is 360 g/mol. The fourth-order valence-electron chi connectivity index (χ4n) is 3.25. The number of hydrogen-bond acceptors (Lipinski definition) is 6. The molecule has 0 bridgehead atoms. The Balaban J connectivity index is 3.21. The van der Waals surface area contributed by atoms with E-state index in [2.05, 4.69) is 0 Å². The van der Waals surface area contributed by atoms with E-state index in [1.807, 2.05) is 32.1 Å². The van der Waals surface area contributed by atoms with Gasteiger partial charge in [0.15, 0.2) is 11.9 Å². The Kier molecular flexibility index (Phi) is 8.76. The summed E-state index contributed by atoms with van der Waals surface area (Å²) < 4.78 is 5.25. The summed E-state index contributed by atoms with van der Waals surface area (Å²) in [5.41, 5.74) is -0.250. The molecule has 6 heteroatoms. The molecule has 5 atom stereocenters. The number of cyclic esters (lactones) is 1. The molecule has 28 heavy (non-hydrogen) atoms. The zero-order valence-corrected chi connectivity index (χ0v) is 17.8. The van der Waals surface area contributed by atoms with Gasteiger partial charge in [0, 0.05) is 18.3 Å². The minimum atomic E-state index is -1.29. The van der Waals surface area contributed by atoms with Crippen molar-refractivity contribution >= 4 is 17.5 Å². The third-order valence-electron chi connectivity index (χ3n) is 5.58. The van der Waals surface area contributed by atoms with Gasteiger partial charge in [-0.1, -0.05) is 51.5 Å². The molecule has 1 aliphatic heterocycles. The molecule has 1 heterocycles. The maximum atomic E-state index is 12.9. The van der Waals surface area contributed by atoms with Gasteiger partial charge in [-0.2, -0.15) is 0 Å². The van der Waals surface area contributed by atoms with Gasteiger partial charge < -0.3 is 14.9 Å². The van der Waals surface area contributed by atoms with Gasteiger partial charge >= 0.3 is 5.97 Å². The van der Waals surface area contributed by atoms with Gasteiger partial charge in [-0.05, 0) is 20.3 Å². The Labute approximate surface area is 167 Å². The van der Waals surface area contributed by atoms with Crippen LogP contribution in [-0.4, -0.2) is 46.1 Å². The van der Waals surface area contributed by atoms with Gasteiger partial charge in [-0.3, -0.25) is 14.4 Å². The Morgan fingerprint density at radius 1 is 1.21 bits per heavy atom. The summed E-state index contributed by atoms with van der Waals surface area (Å²) in [4.78, 5) is 37.0. The first-order chi connectivity index (χ1) is 12.9. The summed E-state index contributed by atoms with van der Waals surface area (Å²) in [6.45, 7) is 9.83. The Morgan fingerprint density at radius 2 is 1.82 bits per heavy atom. The molecule has 0 aromatic rings. The first-order valence-electron chi connectivity index (χ1n) is 9.80. The van der Waals surface area contributed by atoms with Crippen LogP contribution in [0.5, 0.6) is 0 Å². The molecule has 0 aliphatic carbocycles. The molecular formula is C22H34O6. The van der Waals surface area contributed by atoms with Crippen LogP contribution >= 0.6 is 0 Å². The standard InChI is InChI=1S/C22H34O6/c1-13-8-7-9-14(2)20(26)15(3)21(27)22(5,6)18(24)12-19(25)28-17(11-10-13)16(4)23/h7,9-10,14-15,17-18,20,24,26H,8,11-12H2,1-6H3/b9-7+,13-10-/t14-,15+,17-,18-,20-/m0/s1. The van der Waals surface area contributed by atoms with Gasteiger partial charge in [0.2, 0.25) is 0 Å². The summed E-state index contributed by atoms with van der Waals surface area (Å²) in [6.07, 6.45) is 3.02. The minimum Gasteiger partial charge on any atom is -0.454 e. The van der Waals surface area contributed by atoms with E-state index in [0.717, 1.165) is 5.57 Å². The average Bonchev–Trinajstić information content (AvgIpc) is 2.61. The number of allylic oxidation sites excluding steroid dienone is 2. The lowest BCUT2D eigenvalue weighted by Gasteiger charge is -2.34. The van der Waals surface area contributed by atoms with E-state index < -0.39 is 42.0 Å². The number of ether oxygens (including phenoxy) is 1. The number of aliphatic hydroxyl groups is 2. The SMILES string of the molecule is CC(=O)[C@@H]1C/C=C(/C)C/C=C/[C@H](C)[C@H](O)[C@@H](C)C(=O)C(C)(C)[C@@H](O)CC(=O)O1. The molecule has 0 spiro atoms. The molecule has 6 nitrogen and oxygen atoms in total. The monoisotopic (exact) mass is 394 g/mol. The van der Waals surface area contributed by atoms with Crippen molar-refractivity contribution in [3.8, 4) is 0 Å². The Bertz CT molecular complexity index is 645. The van der Waals surface area contributed by atoms with Crippen molar-refractivity contribution in [2.24, 2.45) is 17.3 Å². The van der Waals surface area contributed by atoms with Crippen molar-refractivity contribution in [3.05, 3.63) is 23.8 Å². The number of hydrogen-bond donors (Lipinski definition) is 2. The normalized spacial score (nSPS) is 36.1. The zero-order chi connectivity index (χ0) is 21.6. The molecule has 0 aromatic heterocycles. The predicted molar refractivity (Wildman–Crippen MR) is 106 cm³/mol. The van der Waals surface area contributed by atoms with Crippen LogP contribution in [0.4, 0.5) is 0 Å². The molecule has 0 saturated carbocycles. The van der Waals surface area contributed by atoms with Crippen molar-refractivity contribution in [2.45, 2.75) is 79.1 Å². The van der Waals surface area contributed by atoms with Gasteiger partial charge in [0.25, 0.3) is 0 Å². The van der Waals surface area contributed by atoms with Crippen LogP contribution < -0.4 is 0 Å². The van der Waals surface area contributed by atoms with Crippen molar-refractivity contribution in [3.63, 3.8) is 0 Å². The van der Waals surface area contributed by atoms with Gasteiger partial charge in [-0.25, -0.2) is 0 Å². The molecule has 2 N–H and O–H groups in total. The molecule has 1 rings (SSSR count). The summed E-state index contributed by atoms with van der Waals surface area (Å²) >= 11 is 0. The maximum absolute atomic E-state index is 12.9. The van der Waals surface area contributed by atoms with Crippen LogP contribution in [0, 0.1) is 17.3 Å². The number of rotatable bonds is 1. The van der Waals surface area contributed by atoms with Crippen LogP contribution in [0.25, 0.3) is 0 Å². The molecule has 0 fully saturated rings. The quantitative estimate of drug-likeness (QED) is 0.524. The maximum Gasteiger partial charge on any atom is 0.309 e. The zero-order valence-electron chi connectivity index (χ0n) is 17.8. The summed E-state index contributed by atoms with van der Waals surface area (Å²) in [5, 5.41) is 21.1. The predicted octanol–water partition coefficient (Wildman–Crippen LogP) is 2.76. The second-order valence-electron chi connectivity index (χ2n) is 8.45. The van der Waals surface area contributed by atoms with E-state index in [4.69, 9.17) is 4.74 Å². The smallest absolute Gasteiger partial charge is 0.309 e. The highest BCUT2D eigenvalue weighted by atomic mass is 16.5. The first-order valence-corrected chi connectivity index (χ1v) is 9.80. The molecule has 0 aromatic carbocycles. The number of Topliss-reactive ketones (excluding diaryl/α,β-unsaturated/α-hetero) is 2. The van der Waals surface area contributed by atoms with E-state index in [9.17, 15) is 24.6 Å². The average molecular weight is 395 g/mol. The van der Waals surface area contributed by atoms with Crippen LogP contribution in [0.1, 0.15) is 60.8 Å². The minimum absolute atomic E-state index is 0.248. The van der Waals surface area contributed by atoms with Gasteiger partial charge in [0.1, 0.15) is 5.78 Å². The second kappa shape index (κ2) is 10.1. The highest BCUT2D eigenvalue weighted by molar-refractivity contribution is 5.88. The number of esters is 1. The molecule has 0 amide bonds. The molecule has 1 aliphatic rings. The third-order valence-corrected chi connectivity index (χ3v) is 5.58. The second-order valence-corrected chi connectivity index (χ2v) is 8.45. The van der Waals surface area contributed by atoms with Crippen LogP contribution in [0.2, 0.25) is 0 Å². The van der Waals surface area contributed by atoms with E-state index in [1.165, 1.54) is 6.92 Å². The van der Waals surface area contributed by atoms with E-state index >= 15 is 0 Å². The van der Waals surface area contributed by atoms with Crippen molar-refractivity contribution in [2.75, 3.05) is 0 Å². The lowest BCUT2D eigenvalue weighted by Crippen LogP contribution is -2.45. The fourth-order valence-corrected chi connectivity index (χ4v) is 3.25. The van der Waals surface area contributed by atoms with Crippen LogP contribution in [0.3, 0.4) is 0 Å². The van der Waals surface area contributed by atoms with Crippen molar-refractivity contribution < 1.29 is 29.3 Å². The van der Waals surface area contributed by atoms with E-state index in [0.29, 0.717) is 6.42 Å². The third kappa shape index (κ3) is 6.38. The van der Waals surface area contributed by atoms with E-state index in [1.54, 1.807) is 20.8 Å². The lowest BCUT2D eigenvalue weighted by molar-refractivity contribution is -0.159. The van der Waals surface area contributed by atoms with Gasteiger partial charge in [-0.15, -0.1) is 0 Å². The number of carbonyl (C=O) groups is 3. The Morgan fingerprint density at radius 3 is 2.39 bits per heavy atom. The topological polar surface area (TPSA) is 101 Å². The van der Waals surface area contributed by atoms with E-state index in [-0.39, 0.29) is 23.9 Å². The van der Waals surface area contributed by atoms with Crippen molar-refractivity contribution in [1.29, 1.82) is 0 Å². The number of carbonyl (C=O) groups excluding carboxylic acids is 3. The summed E-state index contributed by atoms with van der Waals surface area (Å²) in [5.74, 6) is -2.29.